The van der Waals surface area contributed by atoms with Crippen LogP contribution in [0.5, 0.6) is 0 Å². The molecule has 0 aliphatic carbocycles. The smallest absolute Gasteiger partial charge is 0.308 e. The minimum Gasteiger partial charge on any atom is -0.455 e. The lowest BCUT2D eigenvalue weighted by Gasteiger charge is -2.19. The minimum absolute atomic E-state index is 0.0286. The van der Waals surface area contributed by atoms with Crippen molar-refractivity contribution in [1.82, 2.24) is 10.0 Å². The molecule has 0 bridgehead atoms. The first-order chi connectivity index (χ1) is 19.8. The number of rotatable bonds is 10. The molecule has 0 radical (unpaired) electrons. The van der Waals surface area contributed by atoms with Crippen molar-refractivity contribution >= 4 is 39.3 Å². The van der Waals surface area contributed by atoms with E-state index in [9.17, 15) is 22.8 Å². The maximum atomic E-state index is 12.8. The highest BCUT2D eigenvalue weighted by atomic mass is 32.2. The molecule has 0 fully saturated rings. The number of aliphatic imine (C=N–C) groups is 1. The SMILES string of the molecule is O=C(COC(=O)C[C@@H](NC(=O)c1ccccc1)c1ccccc1)Nc1cccc(S(=O)(=O)NC2=NCCCCC2)c1. The second kappa shape index (κ2) is 14.2. The van der Waals surface area contributed by atoms with Gasteiger partial charge in [-0.05, 0) is 48.7 Å². The van der Waals surface area contributed by atoms with Crippen molar-refractivity contribution in [3.05, 3.63) is 96.1 Å². The highest BCUT2D eigenvalue weighted by molar-refractivity contribution is 7.90. The average molecular weight is 577 g/mol. The quantitative estimate of drug-likeness (QED) is 0.312. The van der Waals surface area contributed by atoms with E-state index in [0.29, 0.717) is 29.9 Å². The van der Waals surface area contributed by atoms with Gasteiger partial charge in [-0.15, -0.1) is 0 Å². The molecular formula is C30H32N4O6S. The molecule has 3 aromatic carbocycles. The van der Waals surface area contributed by atoms with Gasteiger partial charge in [-0.3, -0.25) is 24.1 Å². The van der Waals surface area contributed by atoms with Gasteiger partial charge in [0.1, 0.15) is 5.84 Å². The Bertz CT molecular complexity index is 1490. The number of amidine groups is 1. The summed E-state index contributed by atoms with van der Waals surface area (Å²) in [4.78, 5) is 42.2. The number of amides is 2. The molecule has 1 atom stereocenters. The maximum absolute atomic E-state index is 12.8. The van der Waals surface area contributed by atoms with Crippen LogP contribution in [-0.4, -0.2) is 45.2 Å². The lowest BCUT2D eigenvalue weighted by atomic mass is 10.0. The number of carbonyl (C=O) groups is 3. The van der Waals surface area contributed by atoms with Crippen molar-refractivity contribution in [3.8, 4) is 0 Å². The number of nitrogens with one attached hydrogen (secondary N) is 3. The topological polar surface area (TPSA) is 143 Å². The van der Waals surface area contributed by atoms with E-state index in [1.807, 2.05) is 6.07 Å². The van der Waals surface area contributed by atoms with Crippen LogP contribution in [0.4, 0.5) is 5.69 Å². The molecule has 41 heavy (non-hydrogen) atoms. The molecule has 0 spiro atoms. The van der Waals surface area contributed by atoms with E-state index in [-0.39, 0.29) is 22.9 Å². The maximum Gasteiger partial charge on any atom is 0.308 e. The summed E-state index contributed by atoms with van der Waals surface area (Å²) in [6.45, 7) is -0.00281. The average Bonchev–Trinajstić information content (AvgIpc) is 3.25. The fourth-order valence-electron chi connectivity index (χ4n) is 4.25. The first-order valence-electron chi connectivity index (χ1n) is 13.3. The Morgan fingerprint density at radius 2 is 1.61 bits per heavy atom. The van der Waals surface area contributed by atoms with E-state index >= 15 is 0 Å². The van der Waals surface area contributed by atoms with Crippen LogP contribution in [-0.2, 0) is 24.3 Å². The summed E-state index contributed by atoms with van der Waals surface area (Å²) < 4.78 is 33.4. The highest BCUT2D eigenvalue weighted by Gasteiger charge is 2.21. The van der Waals surface area contributed by atoms with Crippen molar-refractivity contribution in [3.63, 3.8) is 0 Å². The third kappa shape index (κ3) is 9.00. The van der Waals surface area contributed by atoms with E-state index in [0.717, 1.165) is 19.3 Å². The Morgan fingerprint density at radius 3 is 2.37 bits per heavy atom. The summed E-state index contributed by atoms with van der Waals surface area (Å²) >= 11 is 0. The van der Waals surface area contributed by atoms with Crippen LogP contribution in [0.3, 0.4) is 0 Å². The largest absolute Gasteiger partial charge is 0.455 e. The molecule has 0 saturated carbocycles. The highest BCUT2D eigenvalue weighted by Crippen LogP contribution is 2.19. The van der Waals surface area contributed by atoms with Crippen LogP contribution in [0.2, 0.25) is 0 Å². The van der Waals surface area contributed by atoms with Gasteiger partial charge in [0.25, 0.3) is 21.8 Å². The van der Waals surface area contributed by atoms with E-state index < -0.39 is 34.5 Å². The molecular weight excluding hydrogens is 544 g/mol. The predicted octanol–water partition coefficient (Wildman–Crippen LogP) is 3.98. The monoisotopic (exact) mass is 576 g/mol. The lowest BCUT2D eigenvalue weighted by Crippen LogP contribution is -2.31. The third-order valence-corrected chi connectivity index (χ3v) is 7.71. The molecule has 1 aliphatic rings. The van der Waals surface area contributed by atoms with Crippen LogP contribution in [0.1, 0.15) is 54.1 Å². The molecule has 214 valence electrons. The zero-order valence-electron chi connectivity index (χ0n) is 22.4. The molecule has 1 aliphatic heterocycles. The normalized spacial score (nSPS) is 14.1. The first-order valence-corrected chi connectivity index (χ1v) is 14.8. The Kier molecular flexibility index (Phi) is 10.2. The number of hydrogen-bond acceptors (Lipinski definition) is 7. The van der Waals surface area contributed by atoms with Crippen molar-refractivity contribution < 1.29 is 27.5 Å². The number of sulfonamides is 1. The lowest BCUT2D eigenvalue weighted by molar-refractivity contribution is -0.147. The summed E-state index contributed by atoms with van der Waals surface area (Å²) in [5, 5.41) is 5.40. The Balaban J connectivity index is 1.33. The number of ether oxygens (including phenoxy) is 1. The zero-order chi connectivity index (χ0) is 29.1. The molecule has 0 unspecified atom stereocenters. The third-order valence-electron chi connectivity index (χ3n) is 6.33. The summed E-state index contributed by atoms with van der Waals surface area (Å²) in [7, 11) is -3.88. The molecule has 11 heteroatoms. The minimum atomic E-state index is -3.88. The second-order valence-electron chi connectivity index (χ2n) is 9.49. The van der Waals surface area contributed by atoms with Gasteiger partial charge in [0, 0.05) is 24.2 Å². The van der Waals surface area contributed by atoms with Crippen molar-refractivity contribution in [2.75, 3.05) is 18.5 Å². The Labute approximate surface area is 239 Å². The number of carbonyl (C=O) groups excluding carboxylic acids is 3. The zero-order valence-corrected chi connectivity index (χ0v) is 23.2. The standard InChI is InChI=1S/C30H32N4O6S/c35-28(32-24-15-10-16-25(19-24)41(38,39)34-27-17-8-3-9-18-31-27)21-40-29(36)20-26(22-11-4-1-5-12-22)33-30(37)23-13-6-2-7-14-23/h1-2,4-7,10-16,19,26H,3,8-9,17-18,20-21H2,(H,31,34)(H,32,35)(H,33,37)/t26-/m1/s1. The van der Waals surface area contributed by atoms with E-state index in [4.69, 9.17) is 4.74 Å². The van der Waals surface area contributed by atoms with Crippen molar-refractivity contribution in [2.24, 2.45) is 4.99 Å². The number of nitrogens with zero attached hydrogens (tertiary/aromatic N) is 1. The number of benzene rings is 3. The van der Waals surface area contributed by atoms with Crippen LogP contribution in [0, 0.1) is 0 Å². The second-order valence-corrected chi connectivity index (χ2v) is 11.2. The van der Waals surface area contributed by atoms with Crippen LogP contribution >= 0.6 is 0 Å². The van der Waals surface area contributed by atoms with Gasteiger partial charge in [0.15, 0.2) is 6.61 Å². The van der Waals surface area contributed by atoms with Gasteiger partial charge in [-0.25, -0.2) is 8.42 Å². The summed E-state index contributed by atoms with van der Waals surface area (Å²) in [6, 6.07) is 22.7. The molecule has 1 heterocycles. The van der Waals surface area contributed by atoms with E-state index in [1.165, 1.54) is 24.3 Å². The van der Waals surface area contributed by atoms with Gasteiger partial charge in [-0.2, -0.15) is 0 Å². The fraction of sp³-hybridized carbons (Fsp3) is 0.267. The van der Waals surface area contributed by atoms with Gasteiger partial charge in [-0.1, -0.05) is 61.0 Å². The van der Waals surface area contributed by atoms with Crippen LogP contribution < -0.4 is 15.4 Å². The molecule has 2 amide bonds. The van der Waals surface area contributed by atoms with Crippen molar-refractivity contribution in [2.45, 2.75) is 43.0 Å². The number of hydrogen-bond donors (Lipinski definition) is 3. The Hall–Kier alpha value is -4.51. The van der Waals surface area contributed by atoms with Gasteiger partial charge in [0.2, 0.25) is 0 Å². The molecule has 4 rings (SSSR count). The van der Waals surface area contributed by atoms with E-state index in [2.05, 4.69) is 20.3 Å². The van der Waals surface area contributed by atoms with Crippen LogP contribution in [0.25, 0.3) is 0 Å². The fourth-order valence-corrected chi connectivity index (χ4v) is 5.38. The van der Waals surface area contributed by atoms with Gasteiger partial charge < -0.3 is 15.4 Å². The predicted molar refractivity (Wildman–Crippen MR) is 155 cm³/mol. The van der Waals surface area contributed by atoms with Crippen molar-refractivity contribution in [1.29, 1.82) is 0 Å². The summed E-state index contributed by atoms with van der Waals surface area (Å²) in [5.41, 5.74) is 1.39. The molecule has 10 nitrogen and oxygen atoms in total. The van der Waals surface area contributed by atoms with Gasteiger partial charge in [0.05, 0.1) is 17.4 Å². The molecule has 3 aromatic rings. The number of esters is 1. The summed E-state index contributed by atoms with van der Waals surface area (Å²) in [6.07, 6.45) is 3.14. The Morgan fingerprint density at radius 1 is 0.878 bits per heavy atom. The summed E-state index contributed by atoms with van der Waals surface area (Å²) in [5.74, 6) is -1.25. The van der Waals surface area contributed by atoms with Gasteiger partial charge >= 0.3 is 5.97 Å². The van der Waals surface area contributed by atoms with Crippen LogP contribution in [0.15, 0.2) is 94.8 Å². The van der Waals surface area contributed by atoms with E-state index in [1.54, 1.807) is 54.6 Å². The first kappa shape index (κ1) is 29.5. The number of anilines is 1. The molecule has 0 saturated heterocycles. The molecule has 3 N–H and O–H groups in total. The molecule has 0 aromatic heterocycles.